The molecule has 1 aromatic rings. The van der Waals surface area contributed by atoms with E-state index in [1.54, 1.807) is 0 Å². The molecule has 0 radical (unpaired) electrons. The molecule has 0 saturated carbocycles. The number of carbonyl (C=O) groups is 1. The number of aromatic nitrogens is 2. The Bertz CT molecular complexity index is 580. The summed E-state index contributed by atoms with van der Waals surface area (Å²) in [6, 6.07) is 0. The standard InChI is InChI=1S/C9H11N3O5S/c10-7(14)4-1-12(9(16)11-8(4)15)5-3-18-6(2-13)17-5/h1,5-6,13H,2-3H2,(H2,10,14)(H,11,15,16)/t5-,6+/m1/s1. The highest BCUT2D eigenvalue weighted by atomic mass is 32.2. The highest BCUT2D eigenvalue weighted by Crippen LogP contribution is 2.30. The predicted molar refractivity (Wildman–Crippen MR) is 63.3 cm³/mol. The van der Waals surface area contributed by atoms with Gasteiger partial charge in [0.1, 0.15) is 17.2 Å². The van der Waals surface area contributed by atoms with Crippen LogP contribution in [0.15, 0.2) is 15.8 Å². The Labute approximate surface area is 105 Å². The van der Waals surface area contributed by atoms with Crippen LogP contribution >= 0.6 is 11.8 Å². The maximum Gasteiger partial charge on any atom is 0.330 e. The molecule has 2 rings (SSSR count). The summed E-state index contributed by atoms with van der Waals surface area (Å²) >= 11 is 1.33. The Morgan fingerprint density at radius 1 is 1.67 bits per heavy atom. The van der Waals surface area contributed by atoms with Gasteiger partial charge in [0.05, 0.1) is 6.61 Å². The van der Waals surface area contributed by atoms with Crippen molar-refractivity contribution in [2.24, 2.45) is 5.73 Å². The SMILES string of the molecule is NC(=O)c1cn([C@H]2CS[C@@H](CO)O2)c(=O)[nH]c1=O. The summed E-state index contributed by atoms with van der Waals surface area (Å²) < 4.78 is 6.44. The summed E-state index contributed by atoms with van der Waals surface area (Å²) in [5.74, 6) is -0.496. The smallest absolute Gasteiger partial charge is 0.330 e. The minimum absolute atomic E-state index is 0.179. The highest BCUT2D eigenvalue weighted by Gasteiger charge is 2.28. The minimum Gasteiger partial charge on any atom is -0.393 e. The van der Waals surface area contributed by atoms with Gasteiger partial charge < -0.3 is 15.6 Å². The number of aliphatic hydroxyl groups excluding tert-OH is 1. The second-order valence-electron chi connectivity index (χ2n) is 3.61. The van der Waals surface area contributed by atoms with Crippen LogP contribution in [0.2, 0.25) is 0 Å². The summed E-state index contributed by atoms with van der Waals surface area (Å²) in [5, 5.41) is 8.92. The van der Waals surface area contributed by atoms with E-state index in [0.29, 0.717) is 5.75 Å². The van der Waals surface area contributed by atoms with Gasteiger partial charge in [0.2, 0.25) is 0 Å². The summed E-state index contributed by atoms with van der Waals surface area (Å²) in [4.78, 5) is 35.9. The van der Waals surface area contributed by atoms with Crippen molar-refractivity contribution in [2.75, 3.05) is 12.4 Å². The number of hydrogen-bond acceptors (Lipinski definition) is 6. The summed E-state index contributed by atoms with van der Waals surface area (Å²) in [6.07, 6.45) is 0.434. The van der Waals surface area contributed by atoms with Crippen LogP contribution in [0.3, 0.4) is 0 Å². The average Bonchev–Trinajstić information content (AvgIpc) is 2.77. The zero-order chi connectivity index (χ0) is 13.3. The first-order chi connectivity index (χ1) is 8.52. The molecule has 1 fully saturated rings. The Morgan fingerprint density at radius 3 is 2.94 bits per heavy atom. The average molecular weight is 273 g/mol. The normalized spacial score (nSPS) is 23.2. The molecule has 1 saturated heterocycles. The summed E-state index contributed by atoms with van der Waals surface area (Å²) in [7, 11) is 0. The molecule has 1 aliphatic heterocycles. The Hall–Kier alpha value is -1.58. The number of hydrogen-bond donors (Lipinski definition) is 3. The number of nitrogens with one attached hydrogen (secondary N) is 1. The van der Waals surface area contributed by atoms with Crippen molar-refractivity contribution in [3.05, 3.63) is 32.6 Å². The zero-order valence-electron chi connectivity index (χ0n) is 9.16. The molecule has 2 heterocycles. The molecule has 0 bridgehead atoms. The Morgan fingerprint density at radius 2 is 2.39 bits per heavy atom. The van der Waals surface area contributed by atoms with E-state index in [9.17, 15) is 14.4 Å². The van der Waals surface area contributed by atoms with Crippen LogP contribution in [-0.2, 0) is 4.74 Å². The van der Waals surface area contributed by atoms with Crippen molar-refractivity contribution >= 4 is 17.7 Å². The number of thioether (sulfide) groups is 1. The fraction of sp³-hybridized carbons (Fsp3) is 0.444. The van der Waals surface area contributed by atoms with Gasteiger partial charge in [-0.1, -0.05) is 0 Å². The third kappa shape index (κ3) is 2.33. The molecule has 9 heteroatoms. The predicted octanol–water partition coefficient (Wildman–Crippen LogP) is -1.78. The van der Waals surface area contributed by atoms with E-state index in [0.717, 1.165) is 10.8 Å². The number of aromatic amines is 1. The Kier molecular flexibility index (Phi) is 3.55. The topological polar surface area (TPSA) is 127 Å². The molecule has 98 valence electrons. The lowest BCUT2D eigenvalue weighted by Gasteiger charge is -2.13. The number of H-pyrrole nitrogens is 1. The van der Waals surface area contributed by atoms with Crippen molar-refractivity contribution in [1.82, 2.24) is 9.55 Å². The van der Waals surface area contributed by atoms with Crippen LogP contribution < -0.4 is 17.0 Å². The fourth-order valence-electron chi connectivity index (χ4n) is 1.56. The lowest BCUT2D eigenvalue weighted by Crippen LogP contribution is -2.37. The first-order valence-electron chi connectivity index (χ1n) is 5.06. The van der Waals surface area contributed by atoms with E-state index < -0.39 is 28.8 Å². The molecule has 18 heavy (non-hydrogen) atoms. The van der Waals surface area contributed by atoms with E-state index in [4.69, 9.17) is 15.6 Å². The van der Waals surface area contributed by atoms with Crippen molar-refractivity contribution < 1.29 is 14.6 Å². The number of amides is 1. The molecule has 4 N–H and O–H groups in total. The zero-order valence-corrected chi connectivity index (χ0v) is 9.98. The molecule has 0 unspecified atom stereocenters. The van der Waals surface area contributed by atoms with E-state index in [1.165, 1.54) is 11.8 Å². The van der Waals surface area contributed by atoms with Gasteiger partial charge in [-0.05, 0) is 0 Å². The molecule has 8 nitrogen and oxygen atoms in total. The van der Waals surface area contributed by atoms with Gasteiger partial charge in [-0.3, -0.25) is 19.1 Å². The summed E-state index contributed by atoms with van der Waals surface area (Å²) in [6.45, 7) is -0.179. The molecule has 0 spiro atoms. The summed E-state index contributed by atoms with van der Waals surface area (Å²) in [5.41, 5.74) is 2.78. The van der Waals surface area contributed by atoms with Gasteiger partial charge in [-0.25, -0.2) is 4.79 Å². The van der Waals surface area contributed by atoms with Crippen LogP contribution in [-0.4, -0.2) is 38.4 Å². The quantitative estimate of drug-likeness (QED) is 0.597. The molecular weight excluding hydrogens is 262 g/mol. The fourth-order valence-corrected chi connectivity index (χ4v) is 2.49. The number of aliphatic hydroxyl groups is 1. The highest BCUT2D eigenvalue weighted by molar-refractivity contribution is 8.00. The Balaban J connectivity index is 2.40. The molecule has 2 atom stereocenters. The monoisotopic (exact) mass is 273 g/mol. The minimum atomic E-state index is -0.922. The number of carbonyl (C=O) groups excluding carboxylic acids is 1. The first kappa shape index (κ1) is 12.9. The van der Waals surface area contributed by atoms with E-state index >= 15 is 0 Å². The maximum atomic E-state index is 11.6. The van der Waals surface area contributed by atoms with Gasteiger partial charge in [-0.15, -0.1) is 11.8 Å². The molecule has 0 aromatic carbocycles. The largest absolute Gasteiger partial charge is 0.393 e. The van der Waals surface area contributed by atoms with Gasteiger partial charge in [0.15, 0.2) is 0 Å². The maximum absolute atomic E-state index is 11.6. The second-order valence-corrected chi connectivity index (χ2v) is 4.80. The lowest BCUT2D eigenvalue weighted by molar-refractivity contribution is -0.00649. The number of nitrogens with two attached hydrogens (primary N) is 1. The lowest BCUT2D eigenvalue weighted by atomic mass is 10.3. The second kappa shape index (κ2) is 4.96. The third-order valence-electron chi connectivity index (χ3n) is 2.43. The number of rotatable bonds is 3. The van der Waals surface area contributed by atoms with Crippen molar-refractivity contribution in [3.63, 3.8) is 0 Å². The van der Waals surface area contributed by atoms with Crippen LogP contribution in [0.5, 0.6) is 0 Å². The van der Waals surface area contributed by atoms with Gasteiger partial charge in [0, 0.05) is 11.9 Å². The third-order valence-corrected chi connectivity index (χ3v) is 3.54. The number of primary amides is 1. The van der Waals surface area contributed by atoms with Crippen LogP contribution in [0, 0.1) is 0 Å². The molecule has 0 aliphatic carbocycles. The molecule has 1 aromatic heterocycles. The number of ether oxygens (including phenoxy) is 1. The van der Waals surface area contributed by atoms with E-state index in [1.807, 2.05) is 4.98 Å². The van der Waals surface area contributed by atoms with Crippen LogP contribution in [0.25, 0.3) is 0 Å². The molecular formula is C9H11N3O5S. The van der Waals surface area contributed by atoms with Crippen molar-refractivity contribution in [2.45, 2.75) is 11.7 Å². The van der Waals surface area contributed by atoms with Gasteiger partial charge in [-0.2, -0.15) is 0 Å². The molecule has 1 amide bonds. The van der Waals surface area contributed by atoms with E-state index in [-0.39, 0.29) is 12.2 Å². The number of nitrogens with zero attached hydrogens (tertiary/aromatic N) is 1. The van der Waals surface area contributed by atoms with Crippen molar-refractivity contribution in [3.8, 4) is 0 Å². The van der Waals surface area contributed by atoms with Crippen LogP contribution in [0.4, 0.5) is 0 Å². The first-order valence-corrected chi connectivity index (χ1v) is 6.11. The van der Waals surface area contributed by atoms with E-state index in [2.05, 4.69) is 0 Å². The van der Waals surface area contributed by atoms with Gasteiger partial charge >= 0.3 is 5.69 Å². The van der Waals surface area contributed by atoms with Crippen molar-refractivity contribution in [1.29, 1.82) is 0 Å². The molecule has 1 aliphatic rings. The van der Waals surface area contributed by atoms with Gasteiger partial charge in [0.25, 0.3) is 11.5 Å². The van der Waals surface area contributed by atoms with Crippen LogP contribution in [0.1, 0.15) is 16.6 Å².